The minimum absolute atomic E-state index is 0.0241. The number of ether oxygens (including phenoxy) is 1. The summed E-state index contributed by atoms with van der Waals surface area (Å²) in [7, 11) is -5.83. The van der Waals surface area contributed by atoms with Crippen LogP contribution in [0.15, 0.2) is 39.0 Å². The molecule has 0 saturated heterocycles. The standard InChI is InChI=1S/C11H13N3O4S.C11H12O5S/c1-5-2-7-8(15)4-19(17,18)9(7)3-6(5)10(16)14-11(12)13;1-6-3-8-9(12)5-17(14,15)10(8)4-7(6)11(13)16-2/h2-3,8,15H,4H2,1H3,(H4,12,13,14,16);3-4,9,12H,5H2,1-2H3. The van der Waals surface area contributed by atoms with E-state index in [1.807, 2.05) is 0 Å². The Morgan fingerprint density at radius 2 is 1.28 bits per heavy atom. The number of hydrogen-bond donors (Lipinski definition) is 4. The molecule has 2 aliphatic rings. The highest BCUT2D eigenvalue weighted by atomic mass is 32.2. The maximum atomic E-state index is 11.8. The summed E-state index contributed by atoms with van der Waals surface area (Å²) in [6, 6.07) is 5.49. The minimum atomic E-state index is -3.57. The summed E-state index contributed by atoms with van der Waals surface area (Å²) in [5.41, 5.74) is 12.3. The summed E-state index contributed by atoms with van der Waals surface area (Å²) < 4.78 is 51.7. The molecule has 2 heterocycles. The number of hydrogen-bond acceptors (Lipinski definition) is 9. The Morgan fingerprint density at radius 3 is 1.69 bits per heavy atom. The lowest BCUT2D eigenvalue weighted by Gasteiger charge is -2.07. The quantitative estimate of drug-likeness (QED) is 0.223. The van der Waals surface area contributed by atoms with Crippen molar-refractivity contribution < 1.29 is 41.4 Å². The lowest BCUT2D eigenvalue weighted by molar-refractivity contribution is 0.0599. The van der Waals surface area contributed by atoms with Crippen LogP contribution in [0.4, 0.5) is 0 Å². The van der Waals surface area contributed by atoms with E-state index in [1.54, 1.807) is 13.8 Å². The van der Waals surface area contributed by atoms with Gasteiger partial charge in [-0.05, 0) is 37.1 Å². The monoisotopic (exact) mass is 539 g/mol. The van der Waals surface area contributed by atoms with E-state index in [-0.39, 0.29) is 32.4 Å². The van der Waals surface area contributed by atoms with Crippen LogP contribution >= 0.6 is 0 Å². The number of benzene rings is 2. The van der Waals surface area contributed by atoms with Gasteiger partial charge in [-0.2, -0.15) is 4.99 Å². The second kappa shape index (κ2) is 9.61. The number of aliphatic hydroxyl groups is 2. The van der Waals surface area contributed by atoms with E-state index in [0.29, 0.717) is 22.3 Å². The number of aliphatic hydroxyl groups excluding tert-OH is 2. The topological polar surface area (TPSA) is 217 Å². The molecular weight excluding hydrogens is 514 g/mol. The zero-order valence-electron chi connectivity index (χ0n) is 19.5. The number of esters is 1. The highest BCUT2D eigenvalue weighted by Gasteiger charge is 2.36. The van der Waals surface area contributed by atoms with Crippen molar-refractivity contribution in [2.24, 2.45) is 16.5 Å². The Labute approximate surface area is 207 Å². The van der Waals surface area contributed by atoms with Crippen LogP contribution in [0.5, 0.6) is 0 Å². The highest BCUT2D eigenvalue weighted by molar-refractivity contribution is 7.92. The lowest BCUT2D eigenvalue weighted by Crippen LogP contribution is -2.24. The molecule has 2 aromatic rings. The van der Waals surface area contributed by atoms with Crippen LogP contribution in [-0.4, -0.2) is 63.5 Å². The van der Waals surface area contributed by atoms with Crippen LogP contribution in [0.25, 0.3) is 0 Å². The number of carbonyl (C=O) groups is 2. The van der Waals surface area contributed by atoms with Crippen LogP contribution in [0.3, 0.4) is 0 Å². The fourth-order valence-corrected chi connectivity index (χ4v) is 7.25. The van der Waals surface area contributed by atoms with E-state index >= 15 is 0 Å². The van der Waals surface area contributed by atoms with E-state index in [2.05, 4.69) is 9.73 Å². The molecule has 1 amide bonds. The van der Waals surface area contributed by atoms with Crippen LogP contribution in [0, 0.1) is 13.8 Å². The first-order valence-corrected chi connectivity index (χ1v) is 13.7. The van der Waals surface area contributed by atoms with Gasteiger partial charge in [0.15, 0.2) is 25.6 Å². The Hall–Kier alpha value is -3.33. The minimum Gasteiger partial charge on any atom is -0.465 e. The molecule has 0 fully saturated rings. The first kappa shape index (κ1) is 27.3. The molecule has 0 saturated carbocycles. The van der Waals surface area contributed by atoms with E-state index in [4.69, 9.17) is 11.5 Å². The number of fused-ring (bicyclic) bond motifs is 2. The first-order valence-electron chi connectivity index (χ1n) is 10.4. The third kappa shape index (κ3) is 5.11. The van der Waals surface area contributed by atoms with Gasteiger partial charge in [-0.3, -0.25) is 4.79 Å². The summed E-state index contributed by atoms with van der Waals surface area (Å²) in [5, 5.41) is 19.3. The first-order chi connectivity index (χ1) is 16.6. The predicted octanol–water partition coefficient (Wildman–Crippen LogP) is -0.168. The average Bonchev–Trinajstić information content (AvgIpc) is 3.12. The van der Waals surface area contributed by atoms with Crippen LogP contribution in [-0.2, 0) is 24.4 Å². The Balaban J connectivity index is 0.000000202. The van der Waals surface area contributed by atoms with Crippen molar-refractivity contribution in [3.63, 3.8) is 0 Å². The Bertz CT molecular complexity index is 1510. The molecule has 14 heteroatoms. The van der Waals surface area contributed by atoms with Crippen LogP contribution in [0.1, 0.15) is 55.2 Å². The zero-order valence-corrected chi connectivity index (χ0v) is 21.2. The molecular formula is C22H25N3O9S2. The van der Waals surface area contributed by atoms with Gasteiger partial charge in [0.25, 0.3) is 5.91 Å². The van der Waals surface area contributed by atoms with Crippen molar-refractivity contribution in [2.75, 3.05) is 18.6 Å². The van der Waals surface area contributed by atoms with Gasteiger partial charge >= 0.3 is 5.97 Å². The summed E-state index contributed by atoms with van der Waals surface area (Å²) in [5.74, 6) is -2.39. The number of nitrogens with two attached hydrogens (primary N) is 2. The maximum absolute atomic E-state index is 11.8. The van der Waals surface area contributed by atoms with E-state index in [9.17, 15) is 36.6 Å². The molecule has 2 unspecified atom stereocenters. The second-order valence-corrected chi connectivity index (χ2v) is 12.3. The molecule has 0 aromatic heterocycles. The fraction of sp³-hybridized carbons (Fsp3) is 0.318. The molecule has 0 bridgehead atoms. The number of sulfone groups is 2. The summed E-state index contributed by atoms with van der Waals surface area (Å²) in [4.78, 5) is 26.6. The van der Waals surface area contributed by atoms with Gasteiger partial charge in [0, 0.05) is 16.7 Å². The van der Waals surface area contributed by atoms with Gasteiger partial charge in [-0.25, -0.2) is 21.6 Å². The average molecular weight is 540 g/mol. The smallest absolute Gasteiger partial charge is 0.338 e. The van der Waals surface area contributed by atoms with Crippen molar-refractivity contribution in [2.45, 2.75) is 35.8 Å². The molecule has 6 N–H and O–H groups in total. The summed E-state index contributed by atoms with van der Waals surface area (Å²) >= 11 is 0. The van der Waals surface area contributed by atoms with Crippen molar-refractivity contribution in [3.05, 3.63) is 57.6 Å². The zero-order chi connectivity index (χ0) is 27.2. The van der Waals surface area contributed by atoms with Crippen molar-refractivity contribution >= 4 is 37.5 Å². The van der Waals surface area contributed by atoms with Crippen LogP contribution < -0.4 is 11.5 Å². The number of aryl methyl sites for hydroxylation is 2. The Kier molecular flexibility index (Phi) is 7.28. The van der Waals surface area contributed by atoms with E-state index in [1.165, 1.54) is 31.4 Å². The number of nitrogens with zero attached hydrogens (tertiary/aromatic N) is 1. The molecule has 36 heavy (non-hydrogen) atoms. The lowest BCUT2D eigenvalue weighted by atomic mass is 10.0. The molecule has 12 nitrogen and oxygen atoms in total. The van der Waals surface area contributed by atoms with Gasteiger partial charge in [0.05, 0.1) is 46.2 Å². The van der Waals surface area contributed by atoms with Crippen molar-refractivity contribution in [3.8, 4) is 0 Å². The Morgan fingerprint density at radius 1 is 0.861 bits per heavy atom. The normalized spacial score (nSPS) is 20.4. The predicted molar refractivity (Wildman–Crippen MR) is 128 cm³/mol. The second-order valence-electron chi connectivity index (χ2n) is 8.34. The fourth-order valence-electron chi connectivity index (χ4n) is 3.99. The maximum Gasteiger partial charge on any atom is 0.338 e. The number of aliphatic imine (C=N–C) groups is 1. The van der Waals surface area contributed by atoms with Gasteiger partial charge in [-0.15, -0.1) is 0 Å². The third-order valence-electron chi connectivity index (χ3n) is 5.72. The summed E-state index contributed by atoms with van der Waals surface area (Å²) in [6.45, 7) is 3.29. The SMILES string of the molecule is COC(=O)c1cc2c(cc1C)C(O)CS2(=O)=O.Cc1cc2c(cc1C(=O)N=C(N)N)S(=O)(=O)CC2O. The van der Waals surface area contributed by atoms with Gasteiger partial charge in [-0.1, -0.05) is 12.1 Å². The molecule has 2 aromatic carbocycles. The molecule has 4 rings (SSSR count). The van der Waals surface area contributed by atoms with E-state index in [0.717, 1.165) is 0 Å². The number of rotatable bonds is 2. The van der Waals surface area contributed by atoms with Gasteiger partial charge < -0.3 is 26.4 Å². The largest absolute Gasteiger partial charge is 0.465 e. The third-order valence-corrected chi connectivity index (χ3v) is 9.28. The van der Waals surface area contributed by atoms with Crippen molar-refractivity contribution in [1.82, 2.24) is 0 Å². The molecule has 0 spiro atoms. The van der Waals surface area contributed by atoms with Crippen molar-refractivity contribution in [1.29, 1.82) is 0 Å². The van der Waals surface area contributed by atoms with Gasteiger partial charge in [0.2, 0.25) is 0 Å². The number of carbonyl (C=O) groups excluding carboxylic acids is 2. The van der Waals surface area contributed by atoms with E-state index < -0.39 is 49.7 Å². The molecule has 194 valence electrons. The highest BCUT2D eigenvalue weighted by Crippen LogP contribution is 2.36. The van der Waals surface area contributed by atoms with Gasteiger partial charge in [0.1, 0.15) is 0 Å². The van der Waals surface area contributed by atoms with Crippen LogP contribution in [0.2, 0.25) is 0 Å². The molecule has 2 aliphatic heterocycles. The number of methoxy groups -OCH3 is 1. The molecule has 0 aliphatic carbocycles. The number of amides is 1. The number of guanidine groups is 1. The molecule has 2 atom stereocenters. The summed E-state index contributed by atoms with van der Waals surface area (Å²) in [6.07, 6.45) is -2.08. The molecule has 0 radical (unpaired) electrons.